The highest BCUT2D eigenvalue weighted by Crippen LogP contribution is 2.29. The Labute approximate surface area is 135 Å². The number of hydrogen-bond acceptors (Lipinski definition) is 4. The Morgan fingerprint density at radius 3 is 2.77 bits per heavy atom. The van der Waals surface area contributed by atoms with Crippen molar-refractivity contribution in [1.29, 1.82) is 0 Å². The number of carbonyl (C=O) groups is 2. The number of halogens is 1. The van der Waals surface area contributed by atoms with E-state index in [4.69, 9.17) is 21.1 Å². The zero-order chi connectivity index (χ0) is 16.1. The molecule has 2 atom stereocenters. The molecule has 2 rings (SSSR count). The van der Waals surface area contributed by atoms with E-state index in [0.717, 1.165) is 17.7 Å². The van der Waals surface area contributed by atoms with Gasteiger partial charge in [0.15, 0.2) is 0 Å². The molecule has 120 valence electrons. The fourth-order valence-corrected chi connectivity index (χ4v) is 3.21. The van der Waals surface area contributed by atoms with Crippen LogP contribution in [0.5, 0.6) is 5.75 Å². The SMILES string of the molecule is COC(=O)N1CCCC(C(=O)Cl)C1Cc1cccc(OC)c1. The number of ether oxygens (including phenoxy) is 2. The van der Waals surface area contributed by atoms with Gasteiger partial charge in [-0.15, -0.1) is 0 Å². The zero-order valence-electron chi connectivity index (χ0n) is 12.8. The fourth-order valence-electron chi connectivity index (χ4n) is 2.96. The van der Waals surface area contributed by atoms with Crippen molar-refractivity contribution < 1.29 is 19.1 Å². The molecule has 1 aliphatic heterocycles. The molecule has 0 N–H and O–H groups in total. The van der Waals surface area contributed by atoms with Crippen LogP contribution in [0.4, 0.5) is 4.79 Å². The number of rotatable bonds is 4. The van der Waals surface area contributed by atoms with Gasteiger partial charge >= 0.3 is 6.09 Å². The Balaban J connectivity index is 2.26. The van der Waals surface area contributed by atoms with Crippen LogP contribution in [0, 0.1) is 5.92 Å². The molecule has 0 bridgehead atoms. The molecule has 0 aromatic heterocycles. The number of piperidine rings is 1. The molecule has 1 amide bonds. The van der Waals surface area contributed by atoms with Gasteiger partial charge in [0.25, 0.3) is 0 Å². The van der Waals surface area contributed by atoms with Crippen molar-refractivity contribution >= 4 is 22.9 Å². The lowest BCUT2D eigenvalue weighted by Crippen LogP contribution is -2.51. The van der Waals surface area contributed by atoms with Gasteiger partial charge in [-0.1, -0.05) is 12.1 Å². The summed E-state index contributed by atoms with van der Waals surface area (Å²) in [4.78, 5) is 25.3. The Kier molecular flexibility index (Phi) is 5.66. The summed E-state index contributed by atoms with van der Waals surface area (Å²) >= 11 is 5.75. The maximum Gasteiger partial charge on any atom is 0.409 e. The van der Waals surface area contributed by atoms with Crippen molar-refractivity contribution in [3.63, 3.8) is 0 Å². The molecule has 6 heteroatoms. The van der Waals surface area contributed by atoms with Gasteiger partial charge in [-0.25, -0.2) is 4.79 Å². The topological polar surface area (TPSA) is 55.8 Å². The average Bonchev–Trinajstić information content (AvgIpc) is 2.54. The lowest BCUT2D eigenvalue weighted by atomic mass is 9.86. The number of benzene rings is 1. The van der Waals surface area contributed by atoms with E-state index < -0.39 is 11.3 Å². The zero-order valence-corrected chi connectivity index (χ0v) is 13.5. The summed E-state index contributed by atoms with van der Waals surface area (Å²) < 4.78 is 10.1. The molecular weight excluding hydrogens is 306 g/mol. The molecule has 1 aromatic rings. The van der Waals surface area contributed by atoms with Gasteiger partial charge < -0.3 is 14.4 Å². The van der Waals surface area contributed by atoms with E-state index in [1.807, 2.05) is 24.3 Å². The van der Waals surface area contributed by atoms with Gasteiger partial charge in [-0.3, -0.25) is 4.79 Å². The normalized spacial score (nSPS) is 21.3. The van der Waals surface area contributed by atoms with Crippen LogP contribution in [0.25, 0.3) is 0 Å². The number of amides is 1. The van der Waals surface area contributed by atoms with E-state index in [1.54, 1.807) is 12.0 Å². The molecule has 1 aromatic carbocycles. The molecule has 22 heavy (non-hydrogen) atoms. The molecule has 1 heterocycles. The highest BCUT2D eigenvalue weighted by atomic mass is 35.5. The maximum atomic E-state index is 12.0. The first-order valence-electron chi connectivity index (χ1n) is 7.23. The van der Waals surface area contributed by atoms with Gasteiger partial charge in [0.05, 0.1) is 26.2 Å². The van der Waals surface area contributed by atoms with E-state index in [2.05, 4.69) is 0 Å². The predicted octanol–water partition coefficient (Wildman–Crippen LogP) is 2.85. The van der Waals surface area contributed by atoms with Crippen LogP contribution in [0.2, 0.25) is 0 Å². The van der Waals surface area contributed by atoms with E-state index in [-0.39, 0.29) is 12.0 Å². The van der Waals surface area contributed by atoms with Crippen molar-refractivity contribution in [3.8, 4) is 5.75 Å². The maximum absolute atomic E-state index is 12.0. The molecular formula is C16H20ClNO4. The lowest BCUT2D eigenvalue weighted by Gasteiger charge is -2.39. The monoisotopic (exact) mass is 325 g/mol. The first-order valence-corrected chi connectivity index (χ1v) is 7.61. The number of nitrogens with zero attached hydrogens (tertiary/aromatic N) is 1. The highest BCUT2D eigenvalue weighted by Gasteiger charge is 2.38. The second kappa shape index (κ2) is 7.49. The molecule has 0 saturated carbocycles. The van der Waals surface area contributed by atoms with Crippen LogP contribution in [0.1, 0.15) is 18.4 Å². The smallest absolute Gasteiger partial charge is 0.409 e. The number of methoxy groups -OCH3 is 2. The second-order valence-corrected chi connectivity index (χ2v) is 5.71. The second-order valence-electron chi connectivity index (χ2n) is 5.34. The Morgan fingerprint density at radius 1 is 1.36 bits per heavy atom. The molecule has 2 unspecified atom stereocenters. The summed E-state index contributed by atoms with van der Waals surface area (Å²) in [6.07, 6.45) is 1.54. The lowest BCUT2D eigenvalue weighted by molar-refractivity contribution is -0.118. The molecule has 1 aliphatic rings. The number of likely N-dealkylation sites (tertiary alicyclic amines) is 1. The summed E-state index contributed by atoms with van der Waals surface area (Å²) in [5, 5.41) is -0.401. The van der Waals surface area contributed by atoms with Gasteiger partial charge in [-0.05, 0) is 48.6 Å². The quantitative estimate of drug-likeness (QED) is 0.799. The number of carbonyl (C=O) groups excluding carboxylic acids is 2. The third-order valence-corrected chi connectivity index (χ3v) is 4.34. The minimum Gasteiger partial charge on any atom is -0.497 e. The van der Waals surface area contributed by atoms with Crippen molar-refractivity contribution in [2.45, 2.75) is 25.3 Å². The molecule has 5 nitrogen and oxygen atoms in total. The molecule has 0 spiro atoms. The summed E-state index contributed by atoms with van der Waals surface area (Å²) in [7, 11) is 2.95. The summed E-state index contributed by atoms with van der Waals surface area (Å²) in [6.45, 7) is 0.571. The van der Waals surface area contributed by atoms with Crippen molar-refractivity contribution in [3.05, 3.63) is 29.8 Å². The van der Waals surface area contributed by atoms with Gasteiger partial charge in [-0.2, -0.15) is 0 Å². The Morgan fingerprint density at radius 2 is 2.14 bits per heavy atom. The largest absolute Gasteiger partial charge is 0.497 e. The number of hydrogen-bond donors (Lipinski definition) is 0. The van der Waals surface area contributed by atoms with Crippen LogP contribution < -0.4 is 4.74 Å². The summed E-state index contributed by atoms with van der Waals surface area (Å²) in [6, 6.07) is 7.30. The first-order chi connectivity index (χ1) is 10.6. The van der Waals surface area contributed by atoms with Crippen molar-refractivity contribution in [1.82, 2.24) is 4.90 Å². The van der Waals surface area contributed by atoms with Crippen molar-refractivity contribution in [2.75, 3.05) is 20.8 Å². The average molecular weight is 326 g/mol. The summed E-state index contributed by atoms with van der Waals surface area (Å²) in [5.74, 6) is 0.368. The Bertz CT molecular complexity index is 549. The summed E-state index contributed by atoms with van der Waals surface area (Å²) in [5.41, 5.74) is 0.989. The molecule has 0 radical (unpaired) electrons. The molecule has 1 saturated heterocycles. The van der Waals surface area contributed by atoms with Crippen LogP contribution in [0.3, 0.4) is 0 Å². The van der Waals surface area contributed by atoms with E-state index >= 15 is 0 Å². The highest BCUT2D eigenvalue weighted by molar-refractivity contribution is 6.64. The van der Waals surface area contributed by atoms with E-state index in [9.17, 15) is 9.59 Å². The minimum absolute atomic E-state index is 0.293. The van der Waals surface area contributed by atoms with E-state index in [1.165, 1.54) is 7.11 Å². The van der Waals surface area contributed by atoms with Crippen LogP contribution in [-0.2, 0) is 16.0 Å². The molecule has 1 fully saturated rings. The van der Waals surface area contributed by atoms with Gasteiger partial charge in [0.2, 0.25) is 5.24 Å². The van der Waals surface area contributed by atoms with Gasteiger partial charge in [0, 0.05) is 6.54 Å². The molecule has 0 aliphatic carbocycles. The minimum atomic E-state index is -0.421. The fraction of sp³-hybridized carbons (Fsp3) is 0.500. The third-order valence-electron chi connectivity index (χ3n) is 4.06. The Hall–Kier alpha value is -1.75. The standard InChI is InChI=1S/C16H20ClNO4/c1-21-12-6-3-5-11(9-12)10-14-13(15(17)19)7-4-8-18(14)16(20)22-2/h3,5-6,9,13-14H,4,7-8,10H2,1-2H3. The first kappa shape index (κ1) is 16.6. The van der Waals surface area contributed by atoms with Crippen LogP contribution in [0.15, 0.2) is 24.3 Å². The van der Waals surface area contributed by atoms with E-state index in [0.29, 0.717) is 19.4 Å². The van der Waals surface area contributed by atoms with Crippen LogP contribution in [-0.4, -0.2) is 43.0 Å². The van der Waals surface area contributed by atoms with Crippen molar-refractivity contribution in [2.24, 2.45) is 5.92 Å². The van der Waals surface area contributed by atoms with Crippen LogP contribution >= 0.6 is 11.6 Å². The third kappa shape index (κ3) is 3.71. The predicted molar refractivity (Wildman–Crippen MR) is 83.2 cm³/mol. The van der Waals surface area contributed by atoms with Gasteiger partial charge in [0.1, 0.15) is 5.75 Å².